The number of pyridine rings is 1. The SMILES string of the molecule is CC1(C)C[C@H]2[C@H](CCCN2C(=O)c2ccccn2)N1c1ccc(F)cc1. The number of halogens is 1. The van der Waals surface area contributed by atoms with Gasteiger partial charge in [-0.2, -0.15) is 0 Å². The van der Waals surface area contributed by atoms with Crippen molar-refractivity contribution in [1.29, 1.82) is 0 Å². The number of rotatable bonds is 2. The Labute approximate surface area is 153 Å². The first-order valence-electron chi connectivity index (χ1n) is 9.24. The van der Waals surface area contributed by atoms with E-state index < -0.39 is 0 Å². The number of carbonyl (C=O) groups excluding carboxylic acids is 1. The molecule has 1 aromatic heterocycles. The van der Waals surface area contributed by atoms with E-state index in [2.05, 4.69) is 23.7 Å². The summed E-state index contributed by atoms with van der Waals surface area (Å²) in [7, 11) is 0. The molecule has 3 heterocycles. The molecule has 2 aromatic rings. The minimum atomic E-state index is -0.224. The van der Waals surface area contributed by atoms with E-state index in [1.807, 2.05) is 29.2 Å². The summed E-state index contributed by atoms with van der Waals surface area (Å²) in [5.41, 5.74) is 1.43. The van der Waals surface area contributed by atoms with Gasteiger partial charge < -0.3 is 9.80 Å². The van der Waals surface area contributed by atoms with Crippen LogP contribution in [0.15, 0.2) is 48.7 Å². The molecule has 0 saturated carbocycles. The molecule has 2 aliphatic rings. The number of carbonyl (C=O) groups is 1. The summed E-state index contributed by atoms with van der Waals surface area (Å²) in [6.07, 6.45) is 4.57. The Hall–Kier alpha value is -2.43. The average molecular weight is 353 g/mol. The summed E-state index contributed by atoms with van der Waals surface area (Å²) in [6.45, 7) is 5.18. The molecule has 2 saturated heterocycles. The van der Waals surface area contributed by atoms with Crippen LogP contribution in [0.2, 0.25) is 0 Å². The Bertz CT molecular complexity index is 791. The van der Waals surface area contributed by atoms with Crippen LogP contribution in [-0.4, -0.2) is 40.0 Å². The number of nitrogens with zero attached hydrogens (tertiary/aromatic N) is 3. The molecular formula is C21H24FN3O. The molecule has 136 valence electrons. The number of amides is 1. The highest BCUT2D eigenvalue weighted by Gasteiger charge is 2.50. The molecule has 2 fully saturated rings. The van der Waals surface area contributed by atoms with Crippen molar-refractivity contribution < 1.29 is 9.18 Å². The van der Waals surface area contributed by atoms with Crippen LogP contribution in [0.3, 0.4) is 0 Å². The van der Waals surface area contributed by atoms with Crippen LogP contribution in [0.5, 0.6) is 0 Å². The predicted molar refractivity (Wildman–Crippen MR) is 99.7 cm³/mol. The number of piperidine rings is 1. The number of hydrogen-bond acceptors (Lipinski definition) is 3. The first-order chi connectivity index (χ1) is 12.5. The van der Waals surface area contributed by atoms with E-state index in [0.29, 0.717) is 5.69 Å². The number of fused-ring (bicyclic) bond motifs is 1. The Morgan fingerprint density at radius 1 is 1.15 bits per heavy atom. The molecule has 0 unspecified atom stereocenters. The van der Waals surface area contributed by atoms with Crippen molar-refractivity contribution >= 4 is 11.6 Å². The lowest BCUT2D eigenvalue weighted by Crippen LogP contribution is -2.53. The Morgan fingerprint density at radius 2 is 1.92 bits per heavy atom. The summed E-state index contributed by atoms with van der Waals surface area (Å²) in [4.78, 5) is 21.7. The molecule has 0 bridgehead atoms. The minimum absolute atomic E-state index is 0.0112. The summed E-state index contributed by atoms with van der Waals surface area (Å²) in [5, 5.41) is 0. The monoisotopic (exact) mass is 353 g/mol. The fraction of sp³-hybridized carbons (Fsp3) is 0.429. The molecule has 1 aromatic carbocycles. The van der Waals surface area contributed by atoms with Crippen molar-refractivity contribution in [3.05, 3.63) is 60.2 Å². The predicted octanol–water partition coefficient (Wildman–Crippen LogP) is 3.88. The molecule has 2 aliphatic heterocycles. The van der Waals surface area contributed by atoms with Gasteiger partial charge in [0.05, 0.1) is 12.1 Å². The van der Waals surface area contributed by atoms with Gasteiger partial charge in [0, 0.05) is 24.0 Å². The van der Waals surface area contributed by atoms with E-state index in [-0.39, 0.29) is 29.3 Å². The smallest absolute Gasteiger partial charge is 0.272 e. The number of hydrogen-bond donors (Lipinski definition) is 0. The summed E-state index contributed by atoms with van der Waals surface area (Å²) in [5.74, 6) is -0.213. The van der Waals surface area contributed by atoms with Crippen LogP contribution in [0, 0.1) is 5.82 Å². The van der Waals surface area contributed by atoms with Gasteiger partial charge in [-0.15, -0.1) is 0 Å². The van der Waals surface area contributed by atoms with Crippen molar-refractivity contribution in [3.8, 4) is 0 Å². The van der Waals surface area contributed by atoms with Gasteiger partial charge in [0.25, 0.3) is 5.91 Å². The topological polar surface area (TPSA) is 36.4 Å². The van der Waals surface area contributed by atoms with Crippen LogP contribution in [0.1, 0.15) is 43.6 Å². The van der Waals surface area contributed by atoms with Crippen LogP contribution in [0.25, 0.3) is 0 Å². The van der Waals surface area contributed by atoms with Crippen molar-refractivity contribution in [2.24, 2.45) is 0 Å². The van der Waals surface area contributed by atoms with Gasteiger partial charge in [-0.25, -0.2) is 4.39 Å². The van der Waals surface area contributed by atoms with E-state index >= 15 is 0 Å². The maximum Gasteiger partial charge on any atom is 0.272 e. The zero-order valence-corrected chi connectivity index (χ0v) is 15.2. The van der Waals surface area contributed by atoms with E-state index in [1.165, 1.54) is 12.1 Å². The zero-order chi connectivity index (χ0) is 18.3. The minimum Gasteiger partial charge on any atom is -0.361 e. The van der Waals surface area contributed by atoms with Gasteiger partial charge in [0.1, 0.15) is 11.5 Å². The molecule has 4 nitrogen and oxygen atoms in total. The number of likely N-dealkylation sites (tertiary alicyclic amines) is 1. The molecule has 0 spiro atoms. The van der Waals surface area contributed by atoms with E-state index in [9.17, 15) is 9.18 Å². The molecule has 5 heteroatoms. The largest absolute Gasteiger partial charge is 0.361 e. The van der Waals surface area contributed by atoms with Crippen molar-refractivity contribution in [1.82, 2.24) is 9.88 Å². The zero-order valence-electron chi connectivity index (χ0n) is 15.2. The highest BCUT2D eigenvalue weighted by molar-refractivity contribution is 5.92. The standard InChI is InChI=1S/C21H24FN3O/c1-21(2)14-19-18(25(21)16-10-8-15(22)9-11-16)7-5-13-24(19)20(26)17-6-3-4-12-23-17/h3-4,6,8-12,18-19H,5,7,13-14H2,1-2H3/t18-,19-/m0/s1. The third-order valence-electron chi connectivity index (χ3n) is 5.69. The van der Waals surface area contributed by atoms with Gasteiger partial charge in [0.2, 0.25) is 0 Å². The van der Waals surface area contributed by atoms with Gasteiger partial charge in [-0.1, -0.05) is 6.07 Å². The second-order valence-corrected chi connectivity index (χ2v) is 7.85. The van der Waals surface area contributed by atoms with E-state index in [4.69, 9.17) is 0 Å². The molecular weight excluding hydrogens is 329 g/mol. The summed E-state index contributed by atoms with van der Waals surface area (Å²) in [6, 6.07) is 12.6. The summed E-state index contributed by atoms with van der Waals surface area (Å²) < 4.78 is 13.4. The maximum atomic E-state index is 13.4. The lowest BCUT2D eigenvalue weighted by Gasteiger charge is -2.42. The molecule has 0 radical (unpaired) electrons. The van der Waals surface area contributed by atoms with Crippen LogP contribution in [-0.2, 0) is 0 Å². The normalized spacial score (nSPS) is 24.4. The quantitative estimate of drug-likeness (QED) is 0.822. The van der Waals surface area contributed by atoms with Gasteiger partial charge in [0.15, 0.2) is 0 Å². The highest BCUT2D eigenvalue weighted by atomic mass is 19.1. The molecule has 26 heavy (non-hydrogen) atoms. The lowest BCUT2D eigenvalue weighted by atomic mass is 9.93. The Balaban J connectivity index is 1.66. The molecule has 1 amide bonds. The molecule has 0 aliphatic carbocycles. The fourth-order valence-electron chi connectivity index (χ4n) is 4.67. The second-order valence-electron chi connectivity index (χ2n) is 7.85. The van der Waals surface area contributed by atoms with Crippen LogP contribution in [0.4, 0.5) is 10.1 Å². The third-order valence-corrected chi connectivity index (χ3v) is 5.69. The van der Waals surface area contributed by atoms with Crippen molar-refractivity contribution in [2.75, 3.05) is 11.4 Å². The van der Waals surface area contributed by atoms with Gasteiger partial charge in [-0.3, -0.25) is 9.78 Å². The van der Waals surface area contributed by atoms with Gasteiger partial charge in [-0.05, 0) is 69.5 Å². The first-order valence-corrected chi connectivity index (χ1v) is 9.24. The van der Waals surface area contributed by atoms with E-state index in [1.54, 1.807) is 12.3 Å². The molecule has 0 N–H and O–H groups in total. The molecule has 2 atom stereocenters. The number of aromatic nitrogens is 1. The lowest BCUT2D eigenvalue weighted by molar-refractivity contribution is 0.0599. The van der Waals surface area contributed by atoms with Crippen LogP contribution < -0.4 is 4.90 Å². The highest BCUT2D eigenvalue weighted by Crippen LogP contribution is 2.43. The van der Waals surface area contributed by atoms with Crippen LogP contribution >= 0.6 is 0 Å². The third kappa shape index (κ3) is 2.85. The fourth-order valence-corrected chi connectivity index (χ4v) is 4.67. The van der Waals surface area contributed by atoms with Gasteiger partial charge >= 0.3 is 0 Å². The van der Waals surface area contributed by atoms with E-state index in [0.717, 1.165) is 31.5 Å². The van der Waals surface area contributed by atoms with Crippen molar-refractivity contribution in [2.45, 2.75) is 50.7 Å². The Kier molecular flexibility index (Phi) is 4.17. The number of anilines is 1. The maximum absolute atomic E-state index is 13.4. The second kappa shape index (κ2) is 6.38. The molecule has 4 rings (SSSR count). The summed E-state index contributed by atoms with van der Waals surface area (Å²) >= 11 is 0. The van der Waals surface area contributed by atoms with Crippen molar-refractivity contribution in [3.63, 3.8) is 0 Å². The number of benzene rings is 1. The Morgan fingerprint density at radius 3 is 2.62 bits per heavy atom. The first kappa shape index (κ1) is 17.0. The average Bonchev–Trinajstić information content (AvgIpc) is 2.92.